The van der Waals surface area contributed by atoms with Crippen molar-refractivity contribution in [3.8, 4) is 0 Å². The summed E-state index contributed by atoms with van der Waals surface area (Å²) in [7, 11) is 0. The van der Waals surface area contributed by atoms with Crippen LogP contribution < -0.4 is 0 Å². The van der Waals surface area contributed by atoms with Crippen LogP contribution in [0.5, 0.6) is 0 Å². The molecule has 2 aromatic carbocycles. The maximum absolute atomic E-state index is 12.3. The molecular weight excluding hydrogens is 379 g/mol. The summed E-state index contributed by atoms with van der Waals surface area (Å²) in [5.74, 6) is -0.864. The summed E-state index contributed by atoms with van der Waals surface area (Å²) in [4.78, 5) is 24.7. The van der Waals surface area contributed by atoms with Gasteiger partial charge in [0.15, 0.2) is 12.4 Å². The largest absolute Gasteiger partial charge is 0.453 e. The average molecular weight is 393 g/mol. The van der Waals surface area contributed by atoms with E-state index in [0.29, 0.717) is 15.6 Å². The van der Waals surface area contributed by atoms with Gasteiger partial charge in [-0.1, -0.05) is 60.5 Å². The van der Waals surface area contributed by atoms with Gasteiger partial charge in [-0.25, -0.2) is 4.79 Å². The first-order chi connectivity index (χ1) is 12.0. The lowest BCUT2D eigenvalue weighted by molar-refractivity contribution is 0.0480. The van der Waals surface area contributed by atoms with E-state index in [4.69, 9.17) is 27.9 Å². The van der Waals surface area contributed by atoms with E-state index in [1.165, 1.54) is 11.3 Å². The van der Waals surface area contributed by atoms with Gasteiger partial charge >= 0.3 is 5.97 Å². The normalized spacial score (nSPS) is 10.8. The smallest absolute Gasteiger partial charge is 0.350 e. The van der Waals surface area contributed by atoms with Crippen LogP contribution in [-0.2, 0) is 11.2 Å². The van der Waals surface area contributed by atoms with Crippen molar-refractivity contribution in [2.24, 2.45) is 0 Å². The summed E-state index contributed by atoms with van der Waals surface area (Å²) < 4.78 is 5.94. The molecule has 0 bridgehead atoms. The quantitative estimate of drug-likeness (QED) is 0.406. The zero-order valence-electron chi connectivity index (χ0n) is 13.3. The van der Waals surface area contributed by atoms with Gasteiger partial charge in [0, 0.05) is 20.7 Å². The lowest BCUT2D eigenvalue weighted by Crippen LogP contribution is -2.13. The van der Waals surface area contributed by atoms with Crippen molar-refractivity contribution in [3.05, 3.63) is 68.5 Å². The van der Waals surface area contributed by atoms with Crippen LogP contribution in [-0.4, -0.2) is 18.4 Å². The number of carbonyl (C=O) groups is 2. The third kappa shape index (κ3) is 3.87. The van der Waals surface area contributed by atoms with Crippen molar-refractivity contribution in [1.29, 1.82) is 0 Å². The first-order valence-electron chi connectivity index (χ1n) is 7.66. The highest BCUT2D eigenvalue weighted by molar-refractivity contribution is 7.21. The molecule has 128 valence electrons. The molecule has 0 fully saturated rings. The number of aryl methyl sites for hydroxylation is 1. The minimum atomic E-state index is -0.610. The van der Waals surface area contributed by atoms with E-state index >= 15 is 0 Å². The Balaban J connectivity index is 1.71. The predicted molar refractivity (Wildman–Crippen MR) is 102 cm³/mol. The number of hydrogen-bond acceptors (Lipinski definition) is 4. The number of Topliss-reactive ketones (excluding diaryl/α,β-unsaturated/α-hetero) is 1. The third-order valence-corrected chi connectivity index (χ3v) is 5.67. The fraction of sp³-hybridized carbons (Fsp3) is 0.158. The summed E-state index contributed by atoms with van der Waals surface area (Å²) in [5.41, 5.74) is 1.66. The van der Waals surface area contributed by atoms with Crippen molar-refractivity contribution in [3.63, 3.8) is 0 Å². The molecule has 0 saturated heterocycles. The molecule has 3 rings (SSSR count). The molecule has 0 radical (unpaired) electrons. The molecule has 0 unspecified atom stereocenters. The molecule has 0 amide bonds. The summed E-state index contributed by atoms with van der Waals surface area (Å²) in [6.45, 7) is 1.72. The maximum atomic E-state index is 12.3. The van der Waals surface area contributed by atoms with Crippen LogP contribution in [0.2, 0.25) is 10.0 Å². The van der Waals surface area contributed by atoms with Gasteiger partial charge < -0.3 is 4.74 Å². The molecule has 1 aromatic heterocycles. The molecule has 1 heterocycles. The fourth-order valence-corrected chi connectivity index (χ4v) is 4.05. The second-order valence-electron chi connectivity index (χ2n) is 5.44. The van der Waals surface area contributed by atoms with Crippen molar-refractivity contribution < 1.29 is 14.3 Å². The number of thiophene rings is 1. The molecule has 0 N–H and O–H groups in total. The molecule has 0 saturated carbocycles. The predicted octanol–water partition coefficient (Wildman–Crippen LogP) is 5.81. The second-order valence-corrected chi connectivity index (χ2v) is 7.30. The van der Waals surface area contributed by atoms with Crippen molar-refractivity contribution in [1.82, 2.24) is 0 Å². The Hall–Kier alpha value is -1.88. The van der Waals surface area contributed by atoms with Gasteiger partial charge in [-0.2, -0.15) is 0 Å². The highest BCUT2D eigenvalue weighted by Crippen LogP contribution is 2.37. The van der Waals surface area contributed by atoms with E-state index < -0.39 is 5.97 Å². The van der Waals surface area contributed by atoms with E-state index in [0.717, 1.165) is 22.1 Å². The molecule has 0 atom stereocenters. The molecular formula is C19H14Cl2O3S. The lowest BCUT2D eigenvalue weighted by atomic mass is 10.1. The Bertz CT molecular complexity index is 945. The first kappa shape index (κ1) is 17.9. The van der Waals surface area contributed by atoms with Crippen LogP contribution in [0.3, 0.4) is 0 Å². The zero-order chi connectivity index (χ0) is 18.0. The van der Waals surface area contributed by atoms with Crippen LogP contribution in [0.25, 0.3) is 10.1 Å². The summed E-state index contributed by atoms with van der Waals surface area (Å²) in [6, 6.07) is 12.5. The molecule has 0 spiro atoms. The van der Waals surface area contributed by atoms with Gasteiger partial charge in [-0.15, -0.1) is 11.3 Å². The second kappa shape index (κ2) is 7.56. The Kier molecular flexibility index (Phi) is 5.42. The molecule has 0 aliphatic rings. The lowest BCUT2D eigenvalue weighted by Gasteiger charge is -2.04. The number of hydrogen-bond donors (Lipinski definition) is 0. The van der Waals surface area contributed by atoms with Crippen LogP contribution in [0.1, 0.15) is 32.5 Å². The third-order valence-electron chi connectivity index (χ3n) is 3.80. The van der Waals surface area contributed by atoms with Crippen LogP contribution in [0.15, 0.2) is 42.5 Å². The van der Waals surface area contributed by atoms with E-state index in [2.05, 4.69) is 0 Å². The Morgan fingerprint density at radius 1 is 1.08 bits per heavy atom. The monoisotopic (exact) mass is 392 g/mol. The highest BCUT2D eigenvalue weighted by Gasteiger charge is 2.20. The molecule has 6 heteroatoms. The maximum Gasteiger partial charge on any atom is 0.350 e. The minimum Gasteiger partial charge on any atom is -0.453 e. The number of ketones is 1. The van der Waals surface area contributed by atoms with Gasteiger partial charge in [0.2, 0.25) is 0 Å². The molecule has 0 aliphatic heterocycles. The number of esters is 1. The van der Waals surface area contributed by atoms with Gasteiger partial charge in [0.1, 0.15) is 4.88 Å². The standard InChI is InChI=1S/C19H14Cl2O3S/c1-2-11-3-5-12(6-4-11)15(22)10-24-19(23)18-17(21)14-8-7-13(20)9-16(14)25-18/h3-9H,2,10H2,1H3. The Morgan fingerprint density at radius 2 is 1.80 bits per heavy atom. The molecule has 3 aromatic rings. The molecule has 25 heavy (non-hydrogen) atoms. The van der Waals surface area contributed by atoms with Gasteiger partial charge in [-0.3, -0.25) is 4.79 Å². The number of ether oxygens (including phenoxy) is 1. The van der Waals surface area contributed by atoms with E-state index in [9.17, 15) is 9.59 Å². The topological polar surface area (TPSA) is 43.4 Å². The summed E-state index contributed by atoms with van der Waals surface area (Å²) in [5, 5.41) is 1.63. The molecule has 3 nitrogen and oxygen atoms in total. The summed E-state index contributed by atoms with van der Waals surface area (Å²) >= 11 is 13.4. The number of halogens is 2. The summed E-state index contributed by atoms with van der Waals surface area (Å²) in [6.07, 6.45) is 0.901. The van der Waals surface area contributed by atoms with Crippen molar-refractivity contribution >= 4 is 56.4 Å². The van der Waals surface area contributed by atoms with Gasteiger partial charge in [0.25, 0.3) is 0 Å². The van der Waals surface area contributed by atoms with E-state index in [1.807, 2.05) is 19.1 Å². The Morgan fingerprint density at radius 3 is 2.48 bits per heavy atom. The number of rotatable bonds is 5. The highest BCUT2D eigenvalue weighted by atomic mass is 35.5. The minimum absolute atomic E-state index is 0.253. The zero-order valence-corrected chi connectivity index (χ0v) is 15.7. The fourth-order valence-electron chi connectivity index (χ4n) is 2.38. The van der Waals surface area contributed by atoms with Crippen LogP contribution in [0.4, 0.5) is 0 Å². The number of carbonyl (C=O) groups excluding carboxylic acids is 2. The van der Waals surface area contributed by atoms with Crippen molar-refractivity contribution in [2.75, 3.05) is 6.61 Å². The van der Waals surface area contributed by atoms with E-state index in [1.54, 1.807) is 30.3 Å². The Labute approximate surface area is 159 Å². The van der Waals surface area contributed by atoms with Gasteiger partial charge in [-0.05, 0) is 24.1 Å². The SMILES string of the molecule is CCc1ccc(C(=O)COC(=O)c2sc3cc(Cl)ccc3c2Cl)cc1. The molecule has 0 aliphatic carbocycles. The van der Waals surface area contributed by atoms with Crippen LogP contribution in [0, 0.1) is 0 Å². The first-order valence-corrected chi connectivity index (χ1v) is 9.23. The van der Waals surface area contributed by atoms with E-state index in [-0.39, 0.29) is 17.3 Å². The average Bonchev–Trinajstić information content (AvgIpc) is 2.95. The number of benzene rings is 2. The number of fused-ring (bicyclic) bond motifs is 1. The van der Waals surface area contributed by atoms with Crippen molar-refractivity contribution in [2.45, 2.75) is 13.3 Å². The van der Waals surface area contributed by atoms with Crippen LogP contribution >= 0.6 is 34.5 Å². The van der Waals surface area contributed by atoms with Gasteiger partial charge in [0.05, 0.1) is 5.02 Å².